The second-order valence-electron chi connectivity index (χ2n) is 12.9. The highest BCUT2D eigenvalue weighted by molar-refractivity contribution is 7.95. The molecule has 0 spiro atoms. The van der Waals surface area contributed by atoms with Crippen LogP contribution in [-0.4, -0.2) is 113 Å². The van der Waals surface area contributed by atoms with Gasteiger partial charge in [0, 0.05) is 93.9 Å². The van der Waals surface area contributed by atoms with E-state index in [1.54, 1.807) is 18.2 Å². The van der Waals surface area contributed by atoms with Gasteiger partial charge in [-0.2, -0.15) is 18.4 Å². The average Bonchev–Trinajstić information content (AvgIpc) is 3.59. The van der Waals surface area contributed by atoms with Gasteiger partial charge in [0.25, 0.3) is 0 Å². The molecule has 9 nitrogen and oxygen atoms in total. The summed E-state index contributed by atoms with van der Waals surface area (Å²) in [6.07, 6.45) is 2.78. The van der Waals surface area contributed by atoms with Crippen molar-refractivity contribution >= 4 is 39.5 Å². The Morgan fingerprint density at radius 3 is 2.53 bits per heavy atom. The number of nitrogens with one attached hydrogen (secondary N) is 2. The third kappa shape index (κ3) is 7.88. The van der Waals surface area contributed by atoms with Crippen LogP contribution >= 0.6 is 23.5 Å². The SMILES string of the molecule is CNSN1CCN(CCN2C(C#N)=CC3C(C)C(CN4CCC(Nc5ncnc6sc(CC(F)(F)F)cc56)CC4)CCC32)CC1. The molecular formula is C31H44F3N9S2. The number of nitrogens with zero attached hydrogens (tertiary/aromatic N) is 7. The fourth-order valence-electron chi connectivity index (χ4n) is 7.75. The smallest absolute Gasteiger partial charge is 0.367 e. The molecule has 0 aromatic carbocycles. The van der Waals surface area contributed by atoms with Crippen LogP contribution in [0.3, 0.4) is 0 Å². The van der Waals surface area contributed by atoms with Crippen LogP contribution in [0, 0.1) is 29.1 Å². The molecule has 14 heteroatoms. The number of hydrogen-bond donors (Lipinski definition) is 2. The van der Waals surface area contributed by atoms with Crippen LogP contribution < -0.4 is 10.0 Å². The molecule has 6 rings (SSSR count). The third-order valence-corrected chi connectivity index (χ3v) is 12.0. The van der Waals surface area contributed by atoms with E-state index in [4.69, 9.17) is 0 Å². The van der Waals surface area contributed by atoms with Crippen molar-refractivity contribution in [1.29, 1.82) is 5.26 Å². The first-order valence-corrected chi connectivity index (χ1v) is 17.8. The van der Waals surface area contributed by atoms with E-state index in [-0.39, 0.29) is 10.9 Å². The Morgan fingerprint density at radius 1 is 1.04 bits per heavy atom. The normalized spacial score (nSPS) is 27.5. The molecule has 2 N–H and O–H groups in total. The highest BCUT2D eigenvalue weighted by Crippen LogP contribution is 2.44. The van der Waals surface area contributed by atoms with Crippen molar-refractivity contribution in [3.05, 3.63) is 29.0 Å². The van der Waals surface area contributed by atoms with Crippen molar-refractivity contribution in [1.82, 2.24) is 33.7 Å². The molecule has 246 valence electrons. The second kappa shape index (κ2) is 14.3. The van der Waals surface area contributed by atoms with Gasteiger partial charge in [0.1, 0.15) is 28.7 Å². The number of hydrogen-bond acceptors (Lipinski definition) is 11. The van der Waals surface area contributed by atoms with Gasteiger partial charge in [0.05, 0.1) is 11.8 Å². The van der Waals surface area contributed by atoms with Crippen molar-refractivity contribution in [2.75, 3.05) is 71.3 Å². The number of anilines is 1. The summed E-state index contributed by atoms with van der Waals surface area (Å²) >= 11 is 2.77. The van der Waals surface area contributed by atoms with E-state index in [0.29, 0.717) is 39.8 Å². The first-order valence-electron chi connectivity index (χ1n) is 16.2. The van der Waals surface area contributed by atoms with Crippen molar-refractivity contribution < 1.29 is 13.2 Å². The van der Waals surface area contributed by atoms with Gasteiger partial charge < -0.3 is 15.1 Å². The summed E-state index contributed by atoms with van der Waals surface area (Å²) in [6.45, 7) is 11.6. The standard InChI is InChI=1S/C31H44F3N9S2/c1-21-22(3-4-28-26(21)15-24(18-35)43(28)14-11-40-9-12-42(13-10-40)45-36-2)19-41-7-5-23(6-8-41)39-29-27-16-25(17-31(32,33)34)44-30(27)38-20-37-29/h15-16,20-23,26,28,36H,3-14,17,19H2,1-2H3,(H,37,38,39). The van der Waals surface area contributed by atoms with E-state index in [1.807, 2.05) is 7.05 Å². The minimum absolute atomic E-state index is 0.230. The maximum absolute atomic E-state index is 12.9. The van der Waals surface area contributed by atoms with Crippen LogP contribution in [0.1, 0.15) is 37.5 Å². The fourth-order valence-corrected chi connectivity index (χ4v) is 9.38. The Labute approximate surface area is 272 Å². The third-order valence-electron chi connectivity index (χ3n) is 10.2. The minimum atomic E-state index is -4.24. The van der Waals surface area contributed by atoms with Crippen LogP contribution in [0.25, 0.3) is 10.2 Å². The summed E-state index contributed by atoms with van der Waals surface area (Å²) in [5.41, 5.74) is 0.865. The molecule has 3 aliphatic heterocycles. The molecule has 5 heterocycles. The van der Waals surface area contributed by atoms with Crippen LogP contribution in [0.15, 0.2) is 24.2 Å². The number of allylic oxidation sites excluding steroid dienone is 1. The molecule has 0 amide bonds. The lowest BCUT2D eigenvalue weighted by molar-refractivity contribution is -0.126. The van der Waals surface area contributed by atoms with Gasteiger partial charge in [-0.15, -0.1) is 11.3 Å². The molecule has 3 fully saturated rings. The van der Waals surface area contributed by atoms with Gasteiger partial charge >= 0.3 is 6.18 Å². The zero-order valence-corrected chi connectivity index (χ0v) is 27.7. The molecule has 1 saturated carbocycles. The Balaban J connectivity index is 0.980. The average molecular weight is 664 g/mol. The lowest BCUT2D eigenvalue weighted by atomic mass is 9.70. The number of likely N-dealkylation sites (tertiary alicyclic amines) is 1. The van der Waals surface area contributed by atoms with Gasteiger partial charge in [-0.3, -0.25) is 9.62 Å². The van der Waals surface area contributed by atoms with Crippen molar-refractivity contribution in [2.45, 2.75) is 57.3 Å². The van der Waals surface area contributed by atoms with Gasteiger partial charge in [0.15, 0.2) is 0 Å². The first kappa shape index (κ1) is 32.8. The molecule has 2 saturated heterocycles. The quantitative estimate of drug-likeness (QED) is 0.345. The van der Waals surface area contributed by atoms with E-state index in [2.05, 4.69) is 58.1 Å². The summed E-state index contributed by atoms with van der Waals surface area (Å²) in [5, 5.41) is 14.2. The number of piperidine rings is 1. The van der Waals surface area contributed by atoms with Gasteiger partial charge in [0.2, 0.25) is 0 Å². The highest BCUT2D eigenvalue weighted by atomic mass is 32.2. The molecule has 4 atom stereocenters. The summed E-state index contributed by atoms with van der Waals surface area (Å²) in [6, 6.07) is 4.77. The predicted octanol–water partition coefficient (Wildman–Crippen LogP) is 4.83. The number of aromatic nitrogens is 2. The van der Waals surface area contributed by atoms with Crippen molar-refractivity contribution in [3.63, 3.8) is 0 Å². The number of fused-ring (bicyclic) bond motifs is 2. The summed E-state index contributed by atoms with van der Waals surface area (Å²) in [5.74, 6) is 2.18. The maximum Gasteiger partial charge on any atom is 0.393 e. The van der Waals surface area contributed by atoms with Gasteiger partial charge in [-0.25, -0.2) is 14.3 Å². The zero-order chi connectivity index (χ0) is 31.6. The highest BCUT2D eigenvalue weighted by Gasteiger charge is 2.44. The molecule has 0 bridgehead atoms. The van der Waals surface area contributed by atoms with Crippen LogP contribution in [0.2, 0.25) is 0 Å². The molecule has 2 aromatic rings. The maximum atomic E-state index is 12.9. The Hall–Kier alpha value is -2.15. The van der Waals surface area contributed by atoms with E-state index in [0.717, 1.165) is 95.2 Å². The Kier molecular flexibility index (Phi) is 10.4. The molecule has 0 radical (unpaired) electrons. The molecule has 2 aromatic heterocycles. The van der Waals surface area contributed by atoms with Gasteiger partial charge in [-0.05, 0) is 56.7 Å². The monoisotopic (exact) mass is 663 g/mol. The minimum Gasteiger partial charge on any atom is -0.367 e. The molecule has 45 heavy (non-hydrogen) atoms. The fraction of sp³-hybridized carbons (Fsp3) is 0.710. The zero-order valence-electron chi connectivity index (χ0n) is 26.1. The van der Waals surface area contributed by atoms with Gasteiger partial charge in [-0.1, -0.05) is 6.92 Å². The lowest BCUT2D eigenvalue weighted by Crippen LogP contribution is -2.49. The van der Waals surface area contributed by atoms with Crippen molar-refractivity contribution in [2.24, 2.45) is 17.8 Å². The number of piperazine rings is 1. The Bertz CT molecular complexity index is 1360. The van der Waals surface area contributed by atoms with E-state index < -0.39 is 12.6 Å². The molecule has 1 aliphatic carbocycles. The first-order chi connectivity index (χ1) is 21.7. The predicted molar refractivity (Wildman–Crippen MR) is 174 cm³/mol. The molecular weight excluding hydrogens is 620 g/mol. The summed E-state index contributed by atoms with van der Waals surface area (Å²) in [7, 11) is 1.96. The molecule has 4 unspecified atom stereocenters. The van der Waals surface area contributed by atoms with Crippen LogP contribution in [-0.2, 0) is 6.42 Å². The number of thiophene rings is 1. The number of alkyl halides is 3. The Morgan fingerprint density at radius 2 is 1.82 bits per heavy atom. The number of nitriles is 1. The number of rotatable bonds is 10. The second-order valence-corrected chi connectivity index (χ2v) is 15.2. The van der Waals surface area contributed by atoms with Crippen molar-refractivity contribution in [3.8, 4) is 6.07 Å². The van der Waals surface area contributed by atoms with Crippen LogP contribution in [0.5, 0.6) is 0 Å². The largest absolute Gasteiger partial charge is 0.393 e. The lowest BCUT2D eigenvalue weighted by Gasteiger charge is -2.44. The van der Waals surface area contributed by atoms with Crippen LogP contribution in [0.4, 0.5) is 19.0 Å². The van der Waals surface area contributed by atoms with E-state index in [9.17, 15) is 18.4 Å². The summed E-state index contributed by atoms with van der Waals surface area (Å²) < 4.78 is 44.3. The molecule has 4 aliphatic rings. The summed E-state index contributed by atoms with van der Waals surface area (Å²) in [4.78, 5) is 17.0. The number of halogens is 3. The topological polar surface area (TPSA) is 86.6 Å². The van der Waals surface area contributed by atoms with E-state index in [1.165, 1.54) is 12.7 Å². The van der Waals surface area contributed by atoms with E-state index >= 15 is 0 Å².